The van der Waals surface area contributed by atoms with Crippen LogP contribution >= 0.6 is 0 Å². The minimum absolute atomic E-state index is 0.307. The molecule has 3 heteroatoms. The van der Waals surface area contributed by atoms with E-state index in [9.17, 15) is 4.39 Å². The summed E-state index contributed by atoms with van der Waals surface area (Å²) in [7, 11) is 0. The normalized spacial score (nSPS) is 12.0. The SMILES string of the molecule is CC(C)(N)c1ncc(F)c2ccccc12. The minimum Gasteiger partial charge on any atom is -0.321 e. The van der Waals surface area contributed by atoms with E-state index in [-0.39, 0.29) is 5.82 Å². The van der Waals surface area contributed by atoms with Crippen LogP contribution in [-0.4, -0.2) is 4.98 Å². The van der Waals surface area contributed by atoms with Crippen molar-refractivity contribution in [3.05, 3.63) is 42.0 Å². The molecule has 0 aliphatic heterocycles. The van der Waals surface area contributed by atoms with E-state index in [1.165, 1.54) is 6.20 Å². The predicted molar refractivity (Wildman–Crippen MR) is 58.9 cm³/mol. The van der Waals surface area contributed by atoms with E-state index in [0.29, 0.717) is 5.39 Å². The van der Waals surface area contributed by atoms with E-state index in [1.807, 2.05) is 26.0 Å². The summed E-state index contributed by atoms with van der Waals surface area (Å²) in [6, 6.07) is 7.24. The molecule has 0 saturated carbocycles. The van der Waals surface area contributed by atoms with Gasteiger partial charge >= 0.3 is 0 Å². The van der Waals surface area contributed by atoms with Crippen LogP contribution in [0.25, 0.3) is 10.8 Å². The summed E-state index contributed by atoms with van der Waals surface area (Å²) < 4.78 is 13.5. The second-order valence-corrected chi connectivity index (χ2v) is 4.22. The maximum absolute atomic E-state index is 13.5. The van der Waals surface area contributed by atoms with Crippen LogP contribution in [0.15, 0.2) is 30.5 Å². The molecule has 0 atom stereocenters. The predicted octanol–water partition coefficient (Wildman–Crippen LogP) is 2.57. The summed E-state index contributed by atoms with van der Waals surface area (Å²) in [5.41, 5.74) is 6.15. The highest BCUT2D eigenvalue weighted by atomic mass is 19.1. The summed E-state index contributed by atoms with van der Waals surface area (Å²) >= 11 is 0. The molecule has 2 nitrogen and oxygen atoms in total. The van der Waals surface area contributed by atoms with Crippen LogP contribution in [-0.2, 0) is 5.54 Å². The van der Waals surface area contributed by atoms with E-state index in [2.05, 4.69) is 4.98 Å². The van der Waals surface area contributed by atoms with Crippen LogP contribution < -0.4 is 5.73 Å². The molecule has 0 bridgehead atoms. The molecule has 0 amide bonds. The molecule has 0 fully saturated rings. The average molecular weight is 204 g/mol. The van der Waals surface area contributed by atoms with Gasteiger partial charge in [0.2, 0.25) is 0 Å². The third kappa shape index (κ3) is 1.70. The Balaban J connectivity index is 2.84. The Morgan fingerprint density at radius 1 is 1.20 bits per heavy atom. The van der Waals surface area contributed by atoms with E-state index < -0.39 is 5.54 Å². The fraction of sp³-hybridized carbons (Fsp3) is 0.250. The van der Waals surface area contributed by atoms with Gasteiger partial charge in [-0.3, -0.25) is 4.98 Å². The molecule has 0 unspecified atom stereocenters. The Morgan fingerprint density at radius 3 is 2.40 bits per heavy atom. The highest BCUT2D eigenvalue weighted by Crippen LogP contribution is 2.25. The zero-order chi connectivity index (χ0) is 11.1. The molecule has 15 heavy (non-hydrogen) atoms. The van der Waals surface area contributed by atoms with Crippen molar-refractivity contribution in [3.63, 3.8) is 0 Å². The molecule has 0 aliphatic rings. The number of halogens is 1. The van der Waals surface area contributed by atoms with Gasteiger partial charge in [0.05, 0.1) is 17.4 Å². The summed E-state index contributed by atoms with van der Waals surface area (Å²) in [5, 5.41) is 1.35. The van der Waals surface area contributed by atoms with Gasteiger partial charge in [0.1, 0.15) is 5.82 Å². The number of nitrogens with zero attached hydrogens (tertiary/aromatic N) is 1. The molecule has 0 aliphatic carbocycles. The van der Waals surface area contributed by atoms with E-state index in [1.54, 1.807) is 12.1 Å². The minimum atomic E-state index is -0.562. The molecule has 1 aromatic carbocycles. The van der Waals surface area contributed by atoms with Crippen molar-refractivity contribution in [1.82, 2.24) is 4.98 Å². The van der Waals surface area contributed by atoms with Crippen molar-refractivity contribution in [2.75, 3.05) is 0 Å². The van der Waals surface area contributed by atoms with Gasteiger partial charge in [-0.05, 0) is 13.8 Å². The monoisotopic (exact) mass is 204 g/mol. The summed E-state index contributed by atoms with van der Waals surface area (Å²) in [6.07, 6.45) is 1.23. The number of benzene rings is 1. The van der Waals surface area contributed by atoms with Gasteiger partial charge in [-0.25, -0.2) is 4.39 Å². The Bertz CT molecular complexity index is 500. The first kappa shape index (κ1) is 10.1. The highest BCUT2D eigenvalue weighted by molar-refractivity contribution is 5.85. The van der Waals surface area contributed by atoms with Crippen molar-refractivity contribution in [2.24, 2.45) is 5.73 Å². The van der Waals surface area contributed by atoms with Crippen molar-refractivity contribution in [2.45, 2.75) is 19.4 Å². The highest BCUT2D eigenvalue weighted by Gasteiger charge is 2.19. The second kappa shape index (κ2) is 3.28. The van der Waals surface area contributed by atoms with Gasteiger partial charge < -0.3 is 5.73 Å². The van der Waals surface area contributed by atoms with Gasteiger partial charge in [-0.15, -0.1) is 0 Å². The Kier molecular flexibility index (Phi) is 2.20. The van der Waals surface area contributed by atoms with Crippen LogP contribution in [0.5, 0.6) is 0 Å². The molecule has 0 radical (unpaired) electrons. The van der Waals surface area contributed by atoms with Crippen LogP contribution in [0.1, 0.15) is 19.5 Å². The molecule has 2 N–H and O–H groups in total. The lowest BCUT2D eigenvalue weighted by molar-refractivity contribution is 0.537. The Labute approximate surface area is 87.9 Å². The van der Waals surface area contributed by atoms with Gasteiger partial charge in [-0.2, -0.15) is 0 Å². The first-order valence-electron chi connectivity index (χ1n) is 4.83. The van der Waals surface area contributed by atoms with E-state index >= 15 is 0 Å². The van der Waals surface area contributed by atoms with Gasteiger partial charge in [0, 0.05) is 10.8 Å². The zero-order valence-electron chi connectivity index (χ0n) is 8.79. The number of hydrogen-bond donors (Lipinski definition) is 1. The van der Waals surface area contributed by atoms with Gasteiger partial charge in [0.15, 0.2) is 0 Å². The molecular formula is C12H13FN2. The van der Waals surface area contributed by atoms with Crippen molar-refractivity contribution < 1.29 is 4.39 Å². The first-order valence-corrected chi connectivity index (χ1v) is 4.83. The zero-order valence-corrected chi connectivity index (χ0v) is 8.79. The van der Waals surface area contributed by atoms with Crippen LogP contribution in [0.2, 0.25) is 0 Å². The van der Waals surface area contributed by atoms with Crippen molar-refractivity contribution in [1.29, 1.82) is 0 Å². The molecule has 1 heterocycles. The lowest BCUT2D eigenvalue weighted by atomic mass is 9.96. The fourth-order valence-corrected chi connectivity index (χ4v) is 1.67. The average Bonchev–Trinajstić information content (AvgIpc) is 2.17. The number of rotatable bonds is 1. The lowest BCUT2D eigenvalue weighted by Crippen LogP contribution is -2.30. The van der Waals surface area contributed by atoms with Crippen LogP contribution in [0.3, 0.4) is 0 Å². The van der Waals surface area contributed by atoms with Crippen LogP contribution in [0, 0.1) is 5.82 Å². The maximum Gasteiger partial charge on any atom is 0.149 e. The molecule has 0 spiro atoms. The standard InChI is InChI=1S/C12H13FN2/c1-12(2,14)11-9-6-4-3-5-8(9)10(13)7-15-11/h3-7H,14H2,1-2H3. The van der Waals surface area contributed by atoms with Crippen molar-refractivity contribution in [3.8, 4) is 0 Å². The maximum atomic E-state index is 13.5. The molecule has 0 saturated heterocycles. The van der Waals surface area contributed by atoms with Gasteiger partial charge in [0.25, 0.3) is 0 Å². The number of pyridine rings is 1. The molecule has 78 valence electrons. The molecule has 2 rings (SSSR count). The molecule has 1 aromatic heterocycles. The number of nitrogens with two attached hydrogens (primary N) is 1. The number of aromatic nitrogens is 1. The largest absolute Gasteiger partial charge is 0.321 e. The topological polar surface area (TPSA) is 38.9 Å². The number of hydrogen-bond acceptors (Lipinski definition) is 2. The second-order valence-electron chi connectivity index (χ2n) is 4.22. The fourth-order valence-electron chi connectivity index (χ4n) is 1.67. The summed E-state index contributed by atoms with van der Waals surface area (Å²) in [5.74, 6) is -0.307. The quantitative estimate of drug-likeness (QED) is 0.775. The number of fused-ring (bicyclic) bond motifs is 1. The third-order valence-corrected chi connectivity index (χ3v) is 2.36. The third-order valence-electron chi connectivity index (χ3n) is 2.36. The summed E-state index contributed by atoms with van der Waals surface area (Å²) in [6.45, 7) is 3.72. The van der Waals surface area contributed by atoms with Crippen molar-refractivity contribution >= 4 is 10.8 Å². The van der Waals surface area contributed by atoms with E-state index in [4.69, 9.17) is 5.73 Å². The van der Waals surface area contributed by atoms with Gasteiger partial charge in [-0.1, -0.05) is 24.3 Å². The smallest absolute Gasteiger partial charge is 0.149 e. The Morgan fingerprint density at radius 2 is 1.80 bits per heavy atom. The van der Waals surface area contributed by atoms with E-state index in [0.717, 1.165) is 11.1 Å². The molecule has 2 aromatic rings. The lowest BCUT2D eigenvalue weighted by Gasteiger charge is -2.19. The molecular weight excluding hydrogens is 191 g/mol. The Hall–Kier alpha value is -1.48. The summed E-state index contributed by atoms with van der Waals surface area (Å²) in [4.78, 5) is 4.08. The van der Waals surface area contributed by atoms with Crippen LogP contribution in [0.4, 0.5) is 4.39 Å². The first-order chi connectivity index (χ1) is 7.00.